The van der Waals surface area contributed by atoms with Gasteiger partial charge in [0, 0.05) is 6.07 Å². The summed E-state index contributed by atoms with van der Waals surface area (Å²) in [5, 5.41) is 14.3. The summed E-state index contributed by atoms with van der Waals surface area (Å²) in [7, 11) is 3.07. The summed E-state index contributed by atoms with van der Waals surface area (Å²) in [4.78, 5) is 33.9. The van der Waals surface area contributed by atoms with Gasteiger partial charge >= 0.3 is 34.1 Å². The van der Waals surface area contributed by atoms with E-state index in [9.17, 15) is 19.7 Å². The molecule has 0 N–H and O–H groups in total. The Morgan fingerprint density at radius 2 is 1.46 bits per heavy atom. The minimum atomic E-state index is -0.534. The molecule has 2 aliphatic rings. The van der Waals surface area contributed by atoms with Crippen LogP contribution in [-0.2, 0) is 48.9 Å². The van der Waals surface area contributed by atoms with E-state index in [1.165, 1.54) is 19.2 Å². The van der Waals surface area contributed by atoms with Gasteiger partial charge in [-0.05, 0) is 44.4 Å². The molecule has 4 rings (SSSR count). The van der Waals surface area contributed by atoms with E-state index in [0.717, 1.165) is 11.3 Å². The van der Waals surface area contributed by atoms with Gasteiger partial charge in [0.15, 0.2) is 23.0 Å². The topological polar surface area (TPSA) is 133 Å². The first-order valence-electron chi connectivity index (χ1n) is 12.2. The van der Waals surface area contributed by atoms with Crippen molar-refractivity contribution in [3.05, 3.63) is 51.6 Å². The molecular weight excluding hydrogens is 549 g/mol. The third-order valence-electron chi connectivity index (χ3n) is 5.91. The molecular formula is C27H33NO10V. The van der Waals surface area contributed by atoms with Gasteiger partial charge in [0.1, 0.15) is 13.2 Å². The van der Waals surface area contributed by atoms with Crippen molar-refractivity contribution in [2.45, 2.75) is 26.7 Å². The van der Waals surface area contributed by atoms with Gasteiger partial charge in [-0.3, -0.25) is 19.7 Å². The van der Waals surface area contributed by atoms with Gasteiger partial charge in [0.05, 0.1) is 49.8 Å². The van der Waals surface area contributed by atoms with Gasteiger partial charge in [0.25, 0.3) is 5.69 Å². The van der Waals surface area contributed by atoms with Crippen molar-refractivity contribution in [1.82, 2.24) is 0 Å². The molecule has 2 aromatic carbocycles. The van der Waals surface area contributed by atoms with Crippen molar-refractivity contribution < 1.29 is 59.9 Å². The molecule has 2 heterocycles. The number of nitro benzene ring substituents is 1. The number of carbonyl (C=O) groups excluding carboxylic acids is 2. The van der Waals surface area contributed by atoms with E-state index < -0.39 is 16.8 Å². The van der Waals surface area contributed by atoms with Crippen molar-refractivity contribution in [2.24, 2.45) is 11.8 Å². The molecule has 2 atom stereocenters. The SMILES string of the molecule is CCOC(=O)C1COc2c(OC)ccc([N+](=O)[O-])c2C1.CCOC(=O)C1COc2c(cccc2OC)C1.[CH2]=[V]. The molecule has 0 saturated carbocycles. The van der Waals surface area contributed by atoms with Crippen molar-refractivity contribution in [3.8, 4) is 23.0 Å². The van der Waals surface area contributed by atoms with Gasteiger partial charge in [0.2, 0.25) is 0 Å². The fraction of sp³-hybridized carbons (Fsp3) is 0.444. The van der Waals surface area contributed by atoms with Crippen LogP contribution in [0.5, 0.6) is 23.0 Å². The average molecular weight is 583 g/mol. The van der Waals surface area contributed by atoms with Gasteiger partial charge in [-0.15, -0.1) is 0 Å². The maximum absolute atomic E-state index is 11.7. The Labute approximate surface area is 236 Å². The summed E-state index contributed by atoms with van der Waals surface area (Å²) >= 11 is 2.06. The van der Waals surface area contributed by atoms with Crippen LogP contribution in [0.1, 0.15) is 25.0 Å². The zero-order chi connectivity index (χ0) is 28.9. The number of esters is 2. The number of fused-ring (bicyclic) bond motifs is 2. The number of hydrogen-bond acceptors (Lipinski definition) is 10. The van der Waals surface area contributed by atoms with Crippen LogP contribution < -0.4 is 18.9 Å². The average Bonchev–Trinajstić information content (AvgIpc) is 2.97. The van der Waals surface area contributed by atoms with Crippen LogP contribution in [0.25, 0.3) is 0 Å². The summed E-state index contributed by atoms with van der Waals surface area (Å²) in [6, 6.07) is 8.54. The Morgan fingerprint density at radius 3 is 2.00 bits per heavy atom. The summed E-state index contributed by atoms with van der Waals surface area (Å²) in [6.45, 7) is 4.66. The molecule has 211 valence electrons. The second kappa shape index (κ2) is 15.8. The van der Waals surface area contributed by atoms with Gasteiger partial charge in [-0.2, -0.15) is 0 Å². The molecule has 0 radical (unpaired) electrons. The Morgan fingerprint density at radius 1 is 0.923 bits per heavy atom. The first-order valence-corrected chi connectivity index (χ1v) is 13.2. The number of para-hydroxylation sites is 1. The van der Waals surface area contributed by atoms with E-state index in [1.807, 2.05) is 18.2 Å². The van der Waals surface area contributed by atoms with Crippen LogP contribution in [0, 0.1) is 22.0 Å². The van der Waals surface area contributed by atoms with Crippen LogP contribution in [-0.4, -0.2) is 62.7 Å². The van der Waals surface area contributed by atoms with Gasteiger partial charge < -0.3 is 28.4 Å². The van der Waals surface area contributed by atoms with Crippen LogP contribution in [0.2, 0.25) is 0 Å². The fourth-order valence-electron chi connectivity index (χ4n) is 4.15. The van der Waals surface area contributed by atoms with Gasteiger partial charge in [-0.1, -0.05) is 12.1 Å². The Bertz CT molecular complexity index is 1160. The number of hydrogen-bond donors (Lipinski definition) is 0. The Kier molecular flexibility index (Phi) is 12.8. The van der Waals surface area contributed by atoms with Crippen molar-refractivity contribution >= 4 is 22.9 Å². The number of rotatable bonds is 7. The minimum absolute atomic E-state index is 0.0743. The first kappa shape index (κ1) is 31.7. The van der Waals surface area contributed by atoms with Crippen LogP contribution in [0.3, 0.4) is 0 Å². The number of benzene rings is 2. The predicted molar refractivity (Wildman–Crippen MR) is 138 cm³/mol. The number of methoxy groups -OCH3 is 2. The molecule has 0 amide bonds. The molecule has 12 heteroatoms. The van der Waals surface area contributed by atoms with Crippen LogP contribution >= 0.6 is 0 Å². The van der Waals surface area contributed by atoms with Crippen molar-refractivity contribution in [2.75, 3.05) is 40.6 Å². The molecule has 2 unspecified atom stereocenters. The molecule has 0 aromatic heterocycles. The molecule has 11 nitrogen and oxygen atoms in total. The standard InChI is InChI=1S/C13H15NO6.C13H16O4.CH2.V/c1-3-19-13(15)8-6-9-10(14(16)17)4-5-11(18-2)12(9)20-7-8;1-3-16-13(14)10-7-9-5-4-6-11(15-2)12(9)17-8-10;;/h4-5,8H,3,6-7H2,1-2H3;4-6,10H,3,7-8H2,1-2H3;1H2;. The van der Waals surface area contributed by atoms with E-state index in [4.69, 9.17) is 28.4 Å². The summed E-state index contributed by atoms with van der Waals surface area (Å²) < 4.78 is 31.4. The van der Waals surface area contributed by atoms with Gasteiger partial charge in [-0.25, -0.2) is 0 Å². The molecule has 0 aliphatic carbocycles. The van der Waals surface area contributed by atoms with E-state index >= 15 is 0 Å². The monoisotopic (exact) mass is 582 g/mol. The van der Waals surface area contributed by atoms with Crippen molar-refractivity contribution in [1.29, 1.82) is 0 Å². The van der Waals surface area contributed by atoms with E-state index in [-0.39, 0.29) is 37.2 Å². The summed E-state index contributed by atoms with van der Waals surface area (Å²) in [6.07, 6.45) is 0.854. The third-order valence-corrected chi connectivity index (χ3v) is 5.91. The summed E-state index contributed by atoms with van der Waals surface area (Å²) in [5.41, 5.74) is 1.29. The predicted octanol–water partition coefficient (Wildman–Crippen LogP) is 3.49. The second-order valence-corrected chi connectivity index (χ2v) is 8.23. The molecule has 39 heavy (non-hydrogen) atoms. The zero-order valence-corrected chi connectivity index (χ0v) is 23.9. The first-order chi connectivity index (χ1) is 18.8. The summed E-state index contributed by atoms with van der Waals surface area (Å²) in [5.74, 6) is 0.870. The molecule has 0 spiro atoms. The Balaban J connectivity index is 0.000000260. The van der Waals surface area contributed by atoms with Crippen LogP contribution in [0.15, 0.2) is 30.3 Å². The number of ether oxygens (including phenoxy) is 6. The number of carbonyl (C=O) groups is 2. The number of nitro groups is 1. The van der Waals surface area contributed by atoms with Crippen molar-refractivity contribution in [3.63, 3.8) is 0 Å². The quantitative estimate of drug-likeness (QED) is 0.271. The maximum atomic E-state index is 11.7. The fourth-order valence-corrected chi connectivity index (χ4v) is 4.15. The Hall–Kier alpha value is -3.57. The van der Waals surface area contributed by atoms with E-state index in [1.54, 1.807) is 21.0 Å². The molecule has 2 aromatic rings. The van der Waals surface area contributed by atoms with Crippen LogP contribution in [0.4, 0.5) is 5.69 Å². The second-order valence-electron chi connectivity index (χ2n) is 8.23. The third kappa shape index (κ3) is 7.97. The molecule has 0 bridgehead atoms. The molecule has 0 fully saturated rings. The molecule has 2 aliphatic heterocycles. The van der Waals surface area contributed by atoms with E-state index in [0.29, 0.717) is 42.4 Å². The van der Waals surface area contributed by atoms with E-state index in [2.05, 4.69) is 22.2 Å². The molecule has 0 saturated heterocycles. The zero-order valence-electron chi connectivity index (χ0n) is 22.5. The normalized spacial score (nSPS) is 16.5. The number of nitrogens with zero attached hydrogens (tertiary/aromatic N) is 1.